The number of phenolic OH excluding ortho intramolecular Hbond substituents is 1. The Labute approximate surface area is 134 Å². The number of aromatic hydroxyl groups is 1. The van der Waals surface area contributed by atoms with E-state index < -0.39 is 37.3 Å². The monoisotopic (exact) mass is 328 g/mol. The first kappa shape index (κ1) is 18.0. The van der Waals surface area contributed by atoms with Gasteiger partial charge in [0.05, 0.1) is 6.61 Å². The Kier molecular flexibility index (Phi) is 5.49. The van der Waals surface area contributed by atoms with Gasteiger partial charge in [0.25, 0.3) is 0 Å². The molecule has 0 aromatic heterocycles. The Bertz CT molecular complexity index is 543. The lowest BCUT2D eigenvalue weighted by Crippen LogP contribution is -2.60. The van der Waals surface area contributed by atoms with Gasteiger partial charge in [-0.3, -0.25) is 0 Å². The third-order valence-corrected chi connectivity index (χ3v) is 4.04. The molecule has 1 heterocycles. The Balaban J connectivity index is 2.25. The molecule has 0 spiro atoms. The molecule has 0 bridgehead atoms. The Morgan fingerprint density at radius 3 is 2.35 bits per heavy atom. The van der Waals surface area contributed by atoms with Crippen LogP contribution in [-0.4, -0.2) is 62.8 Å². The minimum absolute atomic E-state index is 0.0627. The van der Waals surface area contributed by atoms with Gasteiger partial charge in [-0.15, -0.1) is 0 Å². The van der Waals surface area contributed by atoms with Crippen molar-refractivity contribution in [1.82, 2.24) is 0 Å². The van der Waals surface area contributed by atoms with Gasteiger partial charge in [-0.25, -0.2) is 0 Å². The van der Waals surface area contributed by atoms with Crippen molar-refractivity contribution in [3.8, 4) is 11.5 Å². The molecule has 130 valence electrons. The smallest absolute Gasteiger partial charge is 0.229 e. The number of ether oxygens (including phenoxy) is 2. The summed E-state index contributed by atoms with van der Waals surface area (Å²) in [6, 6.07) is 3.20. The molecular weight excluding hydrogens is 304 g/mol. The van der Waals surface area contributed by atoms with Crippen LogP contribution in [0.1, 0.15) is 30.9 Å². The van der Waals surface area contributed by atoms with Crippen LogP contribution in [0, 0.1) is 6.92 Å². The molecule has 0 aliphatic carbocycles. The highest BCUT2D eigenvalue weighted by Gasteiger charge is 2.44. The van der Waals surface area contributed by atoms with E-state index in [4.69, 9.17) is 9.47 Å². The molecule has 1 saturated heterocycles. The first-order valence-electron chi connectivity index (χ1n) is 7.57. The van der Waals surface area contributed by atoms with E-state index in [0.717, 1.165) is 0 Å². The molecule has 1 fully saturated rings. The summed E-state index contributed by atoms with van der Waals surface area (Å²) in [5.41, 5.74) is 1.30. The van der Waals surface area contributed by atoms with Gasteiger partial charge in [0.1, 0.15) is 35.9 Å². The topological polar surface area (TPSA) is 120 Å². The largest absolute Gasteiger partial charge is 0.508 e. The van der Waals surface area contributed by atoms with Crippen LogP contribution in [0.25, 0.3) is 0 Å². The normalized spacial score (nSPS) is 31.4. The highest BCUT2D eigenvalue weighted by atomic mass is 16.7. The number of rotatable bonds is 4. The fraction of sp³-hybridized carbons (Fsp3) is 0.625. The van der Waals surface area contributed by atoms with E-state index in [1.54, 1.807) is 19.1 Å². The predicted octanol–water partition coefficient (Wildman–Crippen LogP) is 0.00272. The van der Waals surface area contributed by atoms with E-state index in [9.17, 15) is 25.5 Å². The van der Waals surface area contributed by atoms with Crippen LogP contribution in [0.15, 0.2) is 12.1 Å². The van der Waals surface area contributed by atoms with Crippen molar-refractivity contribution in [3.05, 3.63) is 23.3 Å². The van der Waals surface area contributed by atoms with Crippen molar-refractivity contribution in [2.45, 2.75) is 57.4 Å². The molecule has 1 aliphatic heterocycles. The van der Waals surface area contributed by atoms with Crippen LogP contribution >= 0.6 is 0 Å². The minimum atomic E-state index is -1.49. The summed E-state index contributed by atoms with van der Waals surface area (Å²) >= 11 is 0. The number of hydrogen-bond donors (Lipinski definition) is 5. The van der Waals surface area contributed by atoms with Gasteiger partial charge in [0, 0.05) is 5.56 Å². The number of aryl methyl sites for hydroxylation is 1. The molecule has 5 N–H and O–H groups in total. The maximum absolute atomic E-state index is 10.0. The van der Waals surface area contributed by atoms with Crippen LogP contribution in [0.4, 0.5) is 0 Å². The average molecular weight is 328 g/mol. The molecule has 0 radical (unpaired) electrons. The fourth-order valence-corrected chi connectivity index (χ4v) is 2.57. The van der Waals surface area contributed by atoms with Gasteiger partial charge in [-0.2, -0.15) is 0 Å². The van der Waals surface area contributed by atoms with Crippen LogP contribution in [0.2, 0.25) is 0 Å². The third-order valence-electron chi connectivity index (χ3n) is 4.04. The van der Waals surface area contributed by atoms with Gasteiger partial charge in [-0.05, 0) is 30.5 Å². The molecule has 23 heavy (non-hydrogen) atoms. The van der Waals surface area contributed by atoms with Crippen molar-refractivity contribution in [2.24, 2.45) is 0 Å². The average Bonchev–Trinajstić information content (AvgIpc) is 2.49. The van der Waals surface area contributed by atoms with Crippen LogP contribution < -0.4 is 4.74 Å². The van der Waals surface area contributed by atoms with Gasteiger partial charge in [-0.1, -0.05) is 13.8 Å². The number of hydrogen-bond acceptors (Lipinski definition) is 7. The molecule has 0 amide bonds. The van der Waals surface area contributed by atoms with Gasteiger partial charge in [0.2, 0.25) is 6.29 Å². The second-order valence-corrected chi connectivity index (χ2v) is 6.15. The van der Waals surface area contributed by atoms with Crippen LogP contribution in [0.5, 0.6) is 11.5 Å². The van der Waals surface area contributed by atoms with Crippen molar-refractivity contribution in [3.63, 3.8) is 0 Å². The lowest BCUT2D eigenvalue weighted by atomic mass is 9.98. The highest BCUT2D eigenvalue weighted by molar-refractivity contribution is 5.46. The quantitative estimate of drug-likeness (QED) is 0.528. The van der Waals surface area contributed by atoms with Crippen molar-refractivity contribution in [1.29, 1.82) is 0 Å². The number of benzene rings is 1. The molecule has 7 heteroatoms. The highest BCUT2D eigenvalue weighted by Crippen LogP contribution is 2.34. The SMILES string of the molecule is Cc1cc(O)c(C(C)C)cc1O[C@H]1O[C@@H](CO)[C@H](O)[C@@H](O)[C@@H]1O. The van der Waals surface area contributed by atoms with Crippen LogP contribution in [0.3, 0.4) is 0 Å². The molecule has 7 nitrogen and oxygen atoms in total. The second-order valence-electron chi connectivity index (χ2n) is 6.15. The molecule has 1 aromatic rings. The molecule has 0 saturated carbocycles. The van der Waals surface area contributed by atoms with E-state index in [0.29, 0.717) is 16.9 Å². The zero-order valence-corrected chi connectivity index (χ0v) is 13.4. The molecular formula is C16H24O7. The van der Waals surface area contributed by atoms with Gasteiger partial charge < -0.3 is 35.0 Å². The zero-order valence-electron chi connectivity index (χ0n) is 13.4. The molecule has 2 rings (SSSR count). The molecule has 1 aliphatic rings. The first-order chi connectivity index (χ1) is 10.8. The van der Waals surface area contributed by atoms with E-state index in [1.165, 1.54) is 0 Å². The Hall–Kier alpha value is -1.38. The lowest BCUT2D eigenvalue weighted by Gasteiger charge is -2.39. The summed E-state index contributed by atoms with van der Waals surface area (Å²) in [6.07, 6.45) is -6.66. The molecule has 0 unspecified atom stereocenters. The van der Waals surface area contributed by atoms with Crippen molar-refractivity contribution in [2.75, 3.05) is 6.61 Å². The van der Waals surface area contributed by atoms with Crippen LogP contribution in [-0.2, 0) is 4.74 Å². The molecule has 1 aromatic carbocycles. The zero-order chi connectivity index (χ0) is 17.3. The maximum atomic E-state index is 10.0. The number of phenols is 1. The summed E-state index contributed by atoms with van der Waals surface area (Å²) in [4.78, 5) is 0. The summed E-state index contributed by atoms with van der Waals surface area (Å²) in [7, 11) is 0. The fourth-order valence-electron chi connectivity index (χ4n) is 2.57. The summed E-state index contributed by atoms with van der Waals surface area (Å²) in [6.45, 7) is 5.05. The first-order valence-corrected chi connectivity index (χ1v) is 7.57. The van der Waals surface area contributed by atoms with E-state index in [-0.39, 0.29) is 11.7 Å². The van der Waals surface area contributed by atoms with Gasteiger partial charge in [0.15, 0.2) is 0 Å². The maximum Gasteiger partial charge on any atom is 0.229 e. The minimum Gasteiger partial charge on any atom is -0.508 e. The summed E-state index contributed by atoms with van der Waals surface area (Å²) < 4.78 is 11.0. The van der Waals surface area contributed by atoms with E-state index in [1.807, 2.05) is 13.8 Å². The standard InChI is InChI=1S/C16H24O7/c1-7(2)9-5-11(8(3)4-10(9)18)22-16-15(21)14(20)13(19)12(6-17)23-16/h4-5,7,12-21H,6H2,1-3H3/t12-,13-,14+,15-,16-/m0/s1. The third kappa shape index (κ3) is 3.59. The lowest BCUT2D eigenvalue weighted by molar-refractivity contribution is -0.277. The van der Waals surface area contributed by atoms with Crippen molar-refractivity contribution >= 4 is 0 Å². The summed E-state index contributed by atoms with van der Waals surface area (Å²) in [5, 5.41) is 48.7. The Morgan fingerprint density at radius 2 is 1.78 bits per heavy atom. The second kappa shape index (κ2) is 7.02. The predicted molar refractivity (Wildman–Crippen MR) is 81.3 cm³/mol. The summed E-state index contributed by atoms with van der Waals surface area (Å²) in [5.74, 6) is 0.599. The van der Waals surface area contributed by atoms with E-state index >= 15 is 0 Å². The van der Waals surface area contributed by atoms with Crippen molar-refractivity contribution < 1.29 is 35.0 Å². The van der Waals surface area contributed by atoms with Gasteiger partial charge >= 0.3 is 0 Å². The number of aliphatic hydroxyl groups excluding tert-OH is 4. The Morgan fingerprint density at radius 1 is 1.13 bits per heavy atom. The van der Waals surface area contributed by atoms with E-state index in [2.05, 4.69) is 0 Å². The number of aliphatic hydroxyl groups is 4. The molecule has 5 atom stereocenters.